The molecule has 0 unspecified atom stereocenters. The Labute approximate surface area is 137 Å². The van der Waals surface area contributed by atoms with Crippen molar-refractivity contribution >= 4 is 34.7 Å². The van der Waals surface area contributed by atoms with Gasteiger partial charge in [0.15, 0.2) is 5.69 Å². The highest BCUT2D eigenvalue weighted by Crippen LogP contribution is 2.23. The normalized spacial score (nSPS) is 16.0. The van der Waals surface area contributed by atoms with Gasteiger partial charge in [-0.15, -0.1) is 11.3 Å². The van der Waals surface area contributed by atoms with Gasteiger partial charge >= 0.3 is 5.97 Å². The summed E-state index contributed by atoms with van der Waals surface area (Å²) in [5, 5.41) is 8.83. The molecule has 0 radical (unpaired) electrons. The first-order valence-corrected chi connectivity index (χ1v) is 8.08. The van der Waals surface area contributed by atoms with Crippen molar-refractivity contribution < 1.29 is 9.90 Å². The lowest BCUT2D eigenvalue weighted by Crippen LogP contribution is -2.46. The van der Waals surface area contributed by atoms with Gasteiger partial charge in [0.2, 0.25) is 0 Å². The van der Waals surface area contributed by atoms with E-state index in [1.165, 1.54) is 17.3 Å². The molecule has 0 amide bonds. The van der Waals surface area contributed by atoms with Crippen LogP contribution in [0.3, 0.4) is 0 Å². The minimum Gasteiger partial charge on any atom is -0.476 e. The largest absolute Gasteiger partial charge is 0.476 e. The van der Waals surface area contributed by atoms with E-state index in [0.29, 0.717) is 0 Å². The van der Waals surface area contributed by atoms with Crippen LogP contribution >= 0.6 is 22.9 Å². The molecule has 116 valence electrons. The van der Waals surface area contributed by atoms with E-state index in [2.05, 4.69) is 25.8 Å². The van der Waals surface area contributed by atoms with Crippen molar-refractivity contribution in [2.75, 3.05) is 31.1 Å². The van der Waals surface area contributed by atoms with Gasteiger partial charge in [0.25, 0.3) is 0 Å². The number of carboxylic acids is 1. The van der Waals surface area contributed by atoms with Crippen molar-refractivity contribution in [3.05, 3.63) is 39.4 Å². The van der Waals surface area contributed by atoms with E-state index >= 15 is 0 Å². The molecule has 22 heavy (non-hydrogen) atoms. The molecule has 8 heteroatoms. The summed E-state index contributed by atoms with van der Waals surface area (Å²) in [6.07, 6.45) is 2.83. The third kappa shape index (κ3) is 3.55. The number of nitrogens with zero attached hydrogens (tertiary/aromatic N) is 4. The topological polar surface area (TPSA) is 69.6 Å². The van der Waals surface area contributed by atoms with Crippen LogP contribution in [0, 0.1) is 0 Å². The van der Waals surface area contributed by atoms with Gasteiger partial charge in [-0.05, 0) is 12.1 Å². The third-order valence-electron chi connectivity index (χ3n) is 3.56. The fraction of sp³-hybridized carbons (Fsp3) is 0.357. The minimum atomic E-state index is -1.06. The van der Waals surface area contributed by atoms with Gasteiger partial charge in [-0.1, -0.05) is 11.6 Å². The van der Waals surface area contributed by atoms with Crippen LogP contribution in [0.4, 0.5) is 5.82 Å². The summed E-state index contributed by atoms with van der Waals surface area (Å²) in [4.78, 5) is 24.6. The molecule has 1 N–H and O–H groups in total. The van der Waals surface area contributed by atoms with E-state index in [4.69, 9.17) is 16.7 Å². The number of rotatable bonds is 4. The van der Waals surface area contributed by atoms with Crippen LogP contribution in [-0.2, 0) is 6.54 Å². The summed E-state index contributed by atoms with van der Waals surface area (Å²) < 4.78 is 0.822. The number of piperazine rings is 1. The van der Waals surface area contributed by atoms with Gasteiger partial charge in [0.1, 0.15) is 5.82 Å². The number of carbonyl (C=O) groups is 1. The molecule has 0 aliphatic carbocycles. The van der Waals surface area contributed by atoms with Gasteiger partial charge in [0.05, 0.1) is 16.7 Å². The molecule has 1 aliphatic rings. The maximum Gasteiger partial charge on any atom is 0.356 e. The van der Waals surface area contributed by atoms with Crippen LogP contribution in [0.15, 0.2) is 24.5 Å². The number of carboxylic acid groups (broad SMARTS) is 1. The first kappa shape index (κ1) is 15.2. The second kappa shape index (κ2) is 6.60. The fourth-order valence-corrected chi connectivity index (χ4v) is 3.52. The fourth-order valence-electron chi connectivity index (χ4n) is 2.39. The highest BCUT2D eigenvalue weighted by Gasteiger charge is 2.19. The second-order valence-electron chi connectivity index (χ2n) is 5.03. The number of aromatic nitrogens is 2. The van der Waals surface area contributed by atoms with Gasteiger partial charge in [-0.2, -0.15) is 0 Å². The summed E-state index contributed by atoms with van der Waals surface area (Å²) in [6.45, 7) is 4.46. The number of halogens is 1. The van der Waals surface area contributed by atoms with Crippen LogP contribution in [-0.4, -0.2) is 52.1 Å². The molecule has 2 aromatic heterocycles. The number of thiophene rings is 1. The number of anilines is 1. The second-order valence-corrected chi connectivity index (χ2v) is 6.83. The molecule has 2 aromatic rings. The van der Waals surface area contributed by atoms with Crippen LogP contribution in [0.2, 0.25) is 4.34 Å². The van der Waals surface area contributed by atoms with Gasteiger partial charge < -0.3 is 10.0 Å². The Morgan fingerprint density at radius 3 is 2.55 bits per heavy atom. The van der Waals surface area contributed by atoms with E-state index in [1.807, 2.05) is 6.07 Å². The Balaban J connectivity index is 1.56. The van der Waals surface area contributed by atoms with Crippen LogP contribution in [0.5, 0.6) is 0 Å². The highest BCUT2D eigenvalue weighted by atomic mass is 35.5. The van der Waals surface area contributed by atoms with Crippen molar-refractivity contribution in [3.8, 4) is 0 Å². The van der Waals surface area contributed by atoms with Crippen molar-refractivity contribution in [2.45, 2.75) is 6.54 Å². The van der Waals surface area contributed by atoms with Gasteiger partial charge in [0, 0.05) is 37.6 Å². The molecule has 6 nitrogen and oxygen atoms in total. The lowest BCUT2D eigenvalue weighted by molar-refractivity contribution is 0.0690. The Morgan fingerprint density at radius 1 is 1.23 bits per heavy atom. The predicted octanol–water partition coefficient (Wildman–Crippen LogP) is 2.21. The van der Waals surface area contributed by atoms with Crippen molar-refractivity contribution in [2.24, 2.45) is 0 Å². The molecule has 0 atom stereocenters. The third-order valence-corrected chi connectivity index (χ3v) is 4.78. The molecule has 1 aliphatic heterocycles. The maximum atomic E-state index is 10.8. The maximum absolute atomic E-state index is 10.8. The number of aromatic carboxylic acids is 1. The molecule has 3 rings (SSSR count). The van der Waals surface area contributed by atoms with E-state index in [0.717, 1.165) is 42.9 Å². The summed E-state index contributed by atoms with van der Waals surface area (Å²) in [5.41, 5.74) is -0.0306. The van der Waals surface area contributed by atoms with E-state index in [9.17, 15) is 4.79 Å². The lowest BCUT2D eigenvalue weighted by atomic mass is 10.3. The number of hydrogen-bond donors (Lipinski definition) is 1. The zero-order valence-electron chi connectivity index (χ0n) is 11.8. The van der Waals surface area contributed by atoms with Crippen LogP contribution < -0.4 is 4.90 Å². The first-order valence-electron chi connectivity index (χ1n) is 6.88. The van der Waals surface area contributed by atoms with Gasteiger partial charge in [-0.25, -0.2) is 14.8 Å². The van der Waals surface area contributed by atoms with Crippen molar-refractivity contribution in [1.29, 1.82) is 0 Å². The average molecular weight is 339 g/mol. The molecule has 1 saturated heterocycles. The molecule has 3 heterocycles. The molecule has 0 spiro atoms. The highest BCUT2D eigenvalue weighted by molar-refractivity contribution is 7.16. The molecule has 0 bridgehead atoms. The standard InChI is InChI=1S/C14H15ClN4O2S/c15-12-2-1-10(22-12)9-18-3-5-19(6-4-18)13-8-16-11(7-17-13)14(20)21/h1-2,7-8H,3-6,9H2,(H,20,21). The van der Waals surface area contributed by atoms with Gasteiger partial charge in [-0.3, -0.25) is 4.90 Å². The lowest BCUT2D eigenvalue weighted by Gasteiger charge is -2.34. The summed E-state index contributed by atoms with van der Waals surface area (Å²) in [7, 11) is 0. The molecule has 1 fully saturated rings. The quantitative estimate of drug-likeness (QED) is 0.921. The number of hydrogen-bond acceptors (Lipinski definition) is 6. The Kier molecular flexibility index (Phi) is 4.56. The Bertz CT molecular complexity index is 653. The molecule has 0 saturated carbocycles. The SMILES string of the molecule is O=C(O)c1cnc(N2CCN(Cc3ccc(Cl)s3)CC2)cn1. The van der Waals surface area contributed by atoms with Crippen molar-refractivity contribution in [3.63, 3.8) is 0 Å². The zero-order chi connectivity index (χ0) is 15.5. The summed E-state index contributed by atoms with van der Waals surface area (Å²) in [6, 6.07) is 3.99. The first-order chi connectivity index (χ1) is 10.6. The molecule has 0 aromatic carbocycles. The van der Waals surface area contributed by atoms with Crippen molar-refractivity contribution in [1.82, 2.24) is 14.9 Å². The zero-order valence-corrected chi connectivity index (χ0v) is 13.3. The van der Waals surface area contributed by atoms with Crippen LogP contribution in [0.25, 0.3) is 0 Å². The average Bonchev–Trinajstić information content (AvgIpc) is 2.93. The Morgan fingerprint density at radius 2 is 2.00 bits per heavy atom. The molecular formula is C14H15ClN4O2S. The predicted molar refractivity (Wildman–Crippen MR) is 85.8 cm³/mol. The molecular weight excluding hydrogens is 324 g/mol. The smallest absolute Gasteiger partial charge is 0.356 e. The van der Waals surface area contributed by atoms with E-state index in [1.54, 1.807) is 11.3 Å². The van der Waals surface area contributed by atoms with E-state index < -0.39 is 5.97 Å². The summed E-state index contributed by atoms with van der Waals surface area (Å²) >= 11 is 7.57. The monoisotopic (exact) mass is 338 g/mol. The summed E-state index contributed by atoms with van der Waals surface area (Å²) in [5.74, 6) is -0.331. The minimum absolute atomic E-state index is 0.0306. The van der Waals surface area contributed by atoms with E-state index in [-0.39, 0.29) is 5.69 Å². The Hall–Kier alpha value is -1.70. The van der Waals surface area contributed by atoms with Crippen LogP contribution in [0.1, 0.15) is 15.4 Å².